The quantitative estimate of drug-likeness (QED) is 0.905. The Morgan fingerprint density at radius 1 is 1.53 bits per heavy atom. The zero-order valence-electron chi connectivity index (χ0n) is 10.5. The Labute approximate surface area is 118 Å². The van der Waals surface area contributed by atoms with Gasteiger partial charge in [-0.3, -0.25) is 10.1 Å². The Balaban J connectivity index is 2.09. The number of aromatic nitrogens is 3. The van der Waals surface area contributed by atoms with Crippen LogP contribution in [0.3, 0.4) is 0 Å². The largest absolute Gasteiger partial charge is 0.463 e. The van der Waals surface area contributed by atoms with E-state index in [0.29, 0.717) is 12.2 Å². The van der Waals surface area contributed by atoms with Crippen LogP contribution in [-0.4, -0.2) is 27.7 Å². The molecule has 0 bridgehead atoms. The summed E-state index contributed by atoms with van der Waals surface area (Å²) >= 11 is 3.39. The topological polar surface area (TPSA) is 79.9 Å². The van der Waals surface area contributed by atoms with Crippen LogP contribution in [0.4, 0.5) is 5.95 Å². The molecule has 0 aliphatic heterocycles. The molecule has 0 saturated heterocycles. The molecule has 0 atom stereocenters. The summed E-state index contributed by atoms with van der Waals surface area (Å²) in [6.07, 6.45) is 0. The summed E-state index contributed by atoms with van der Waals surface area (Å²) in [5, 5.41) is 9.01. The van der Waals surface area contributed by atoms with E-state index < -0.39 is 0 Å². The van der Waals surface area contributed by atoms with Crippen LogP contribution >= 0.6 is 15.9 Å². The van der Waals surface area contributed by atoms with Crippen molar-refractivity contribution in [2.75, 3.05) is 11.9 Å². The number of aromatic amines is 1. The number of hydrogen-bond donors (Lipinski definition) is 2. The number of hydrogen-bond acceptors (Lipinski definition) is 4. The van der Waals surface area contributed by atoms with Gasteiger partial charge in [-0.05, 0) is 37.6 Å². The molecule has 1 aromatic carbocycles. The molecule has 7 heteroatoms. The van der Waals surface area contributed by atoms with Crippen molar-refractivity contribution in [2.45, 2.75) is 13.8 Å². The van der Waals surface area contributed by atoms with Crippen molar-refractivity contribution < 1.29 is 9.53 Å². The lowest BCUT2D eigenvalue weighted by atomic mass is 10.1. The lowest BCUT2D eigenvalue weighted by Crippen LogP contribution is -2.13. The van der Waals surface area contributed by atoms with Gasteiger partial charge in [0.1, 0.15) is 0 Å². The summed E-state index contributed by atoms with van der Waals surface area (Å²) in [6, 6.07) is 5.56. The van der Waals surface area contributed by atoms with Gasteiger partial charge < -0.3 is 4.74 Å². The van der Waals surface area contributed by atoms with Crippen LogP contribution in [0.2, 0.25) is 0 Å². The molecule has 100 valence electrons. The molecule has 19 heavy (non-hydrogen) atoms. The fourth-order valence-electron chi connectivity index (χ4n) is 1.46. The van der Waals surface area contributed by atoms with Crippen LogP contribution in [0.1, 0.15) is 22.8 Å². The third-order valence-corrected chi connectivity index (χ3v) is 3.28. The lowest BCUT2D eigenvalue weighted by molar-refractivity contribution is 0.102. The molecule has 2 N–H and O–H groups in total. The number of halogens is 1. The molecule has 0 aliphatic carbocycles. The summed E-state index contributed by atoms with van der Waals surface area (Å²) in [7, 11) is 0. The van der Waals surface area contributed by atoms with Crippen molar-refractivity contribution in [1.82, 2.24) is 15.2 Å². The molecule has 2 rings (SSSR count). The van der Waals surface area contributed by atoms with Gasteiger partial charge >= 0.3 is 6.01 Å². The molecule has 0 spiro atoms. The van der Waals surface area contributed by atoms with Crippen molar-refractivity contribution in [3.05, 3.63) is 33.8 Å². The zero-order valence-corrected chi connectivity index (χ0v) is 12.1. The van der Waals surface area contributed by atoms with E-state index in [1.807, 2.05) is 19.9 Å². The first-order chi connectivity index (χ1) is 9.10. The van der Waals surface area contributed by atoms with Crippen LogP contribution in [0.15, 0.2) is 22.7 Å². The number of nitrogens with one attached hydrogen (secondary N) is 2. The average Bonchev–Trinajstić information content (AvgIpc) is 2.80. The molecule has 0 fully saturated rings. The van der Waals surface area contributed by atoms with Gasteiger partial charge in [0, 0.05) is 10.0 Å². The summed E-state index contributed by atoms with van der Waals surface area (Å²) in [5.74, 6) is 0.00354. The van der Waals surface area contributed by atoms with Gasteiger partial charge in [0.25, 0.3) is 5.91 Å². The second-order valence-electron chi connectivity index (χ2n) is 3.82. The molecule has 0 aliphatic rings. The summed E-state index contributed by atoms with van der Waals surface area (Å²) < 4.78 is 6.06. The first-order valence-corrected chi connectivity index (χ1v) is 6.52. The first kappa shape index (κ1) is 13.5. The second kappa shape index (κ2) is 5.83. The fraction of sp³-hybridized carbons (Fsp3) is 0.250. The van der Waals surface area contributed by atoms with Gasteiger partial charge in [-0.25, -0.2) is 5.10 Å². The molecule has 6 nitrogen and oxygen atoms in total. The van der Waals surface area contributed by atoms with Crippen molar-refractivity contribution in [3.8, 4) is 6.01 Å². The van der Waals surface area contributed by atoms with E-state index in [1.165, 1.54) is 0 Å². The Morgan fingerprint density at radius 3 is 3.00 bits per heavy atom. The molecule has 1 heterocycles. The van der Waals surface area contributed by atoms with E-state index in [2.05, 4.69) is 36.4 Å². The van der Waals surface area contributed by atoms with Crippen molar-refractivity contribution in [3.63, 3.8) is 0 Å². The molecule has 1 aromatic heterocycles. The number of benzene rings is 1. The van der Waals surface area contributed by atoms with E-state index in [1.54, 1.807) is 12.1 Å². The van der Waals surface area contributed by atoms with Gasteiger partial charge in [0.15, 0.2) is 0 Å². The van der Waals surface area contributed by atoms with Crippen LogP contribution in [-0.2, 0) is 0 Å². The number of rotatable bonds is 4. The van der Waals surface area contributed by atoms with Crippen molar-refractivity contribution in [1.29, 1.82) is 0 Å². The van der Waals surface area contributed by atoms with Crippen LogP contribution < -0.4 is 10.1 Å². The van der Waals surface area contributed by atoms with Crippen LogP contribution in [0, 0.1) is 6.92 Å². The van der Waals surface area contributed by atoms with E-state index >= 15 is 0 Å². The third-order valence-electron chi connectivity index (χ3n) is 2.39. The Hall–Kier alpha value is -1.89. The monoisotopic (exact) mass is 324 g/mol. The Kier molecular flexibility index (Phi) is 4.16. The van der Waals surface area contributed by atoms with Crippen LogP contribution in [0.5, 0.6) is 6.01 Å². The van der Waals surface area contributed by atoms with E-state index in [9.17, 15) is 4.79 Å². The predicted octanol–water partition coefficient (Wildman–Crippen LogP) is 2.53. The van der Waals surface area contributed by atoms with Gasteiger partial charge in [0.2, 0.25) is 5.95 Å². The van der Waals surface area contributed by atoms with E-state index in [0.717, 1.165) is 10.0 Å². The molecule has 0 radical (unpaired) electrons. The predicted molar refractivity (Wildman–Crippen MR) is 74.4 cm³/mol. The molecule has 0 unspecified atom stereocenters. The number of nitrogens with zero attached hydrogens (tertiary/aromatic N) is 2. The van der Waals surface area contributed by atoms with Gasteiger partial charge in [-0.2, -0.15) is 4.98 Å². The molecule has 0 saturated carbocycles. The minimum absolute atomic E-state index is 0.213. The maximum atomic E-state index is 12.0. The molecular formula is C12H13BrN4O2. The number of ether oxygens (including phenoxy) is 1. The highest BCUT2D eigenvalue weighted by Gasteiger charge is 2.10. The number of amides is 1. The zero-order chi connectivity index (χ0) is 13.8. The van der Waals surface area contributed by atoms with Crippen molar-refractivity contribution in [2.24, 2.45) is 0 Å². The van der Waals surface area contributed by atoms with Crippen molar-refractivity contribution >= 4 is 27.8 Å². The van der Waals surface area contributed by atoms with Gasteiger partial charge in [-0.15, -0.1) is 5.10 Å². The summed E-state index contributed by atoms with van der Waals surface area (Å²) in [5.41, 5.74) is 1.54. The third kappa shape index (κ3) is 3.31. The maximum Gasteiger partial charge on any atom is 0.337 e. The minimum atomic E-state index is -0.255. The lowest BCUT2D eigenvalue weighted by Gasteiger charge is -2.03. The Bertz CT molecular complexity index is 597. The summed E-state index contributed by atoms with van der Waals surface area (Å²) in [4.78, 5) is 16.0. The standard InChI is InChI=1S/C12H13BrN4O2/c1-3-19-12-15-11(16-17-12)14-10(18)8-4-5-9(13)7(2)6-8/h4-6H,3H2,1-2H3,(H2,14,15,16,17,18). The first-order valence-electron chi connectivity index (χ1n) is 5.73. The van der Waals surface area contributed by atoms with Gasteiger partial charge in [-0.1, -0.05) is 15.9 Å². The molecule has 2 aromatic rings. The SMILES string of the molecule is CCOc1n[nH]c(NC(=O)c2ccc(Br)c(C)c2)n1. The van der Waals surface area contributed by atoms with Gasteiger partial charge in [0.05, 0.1) is 6.61 Å². The highest BCUT2D eigenvalue weighted by molar-refractivity contribution is 9.10. The highest BCUT2D eigenvalue weighted by atomic mass is 79.9. The molecular weight excluding hydrogens is 312 g/mol. The Morgan fingerprint density at radius 2 is 2.32 bits per heavy atom. The molecule has 1 amide bonds. The summed E-state index contributed by atoms with van der Waals surface area (Å²) in [6.45, 7) is 4.22. The second-order valence-corrected chi connectivity index (χ2v) is 4.67. The maximum absolute atomic E-state index is 12.0. The number of carbonyl (C=O) groups is 1. The number of H-pyrrole nitrogens is 1. The average molecular weight is 325 g/mol. The van der Waals surface area contributed by atoms with Crippen LogP contribution in [0.25, 0.3) is 0 Å². The van der Waals surface area contributed by atoms with E-state index in [4.69, 9.17) is 4.74 Å². The number of anilines is 1. The minimum Gasteiger partial charge on any atom is -0.463 e. The normalized spacial score (nSPS) is 10.3. The highest BCUT2D eigenvalue weighted by Crippen LogP contribution is 2.17. The smallest absolute Gasteiger partial charge is 0.337 e. The van der Waals surface area contributed by atoms with E-state index in [-0.39, 0.29) is 17.9 Å². The number of carbonyl (C=O) groups excluding carboxylic acids is 1. The fourth-order valence-corrected chi connectivity index (χ4v) is 1.71. The number of aryl methyl sites for hydroxylation is 1.